The van der Waals surface area contributed by atoms with Gasteiger partial charge in [0.1, 0.15) is 17.2 Å². The number of nitrogen functional groups attached to an aromatic ring is 1. The summed E-state index contributed by atoms with van der Waals surface area (Å²) in [7, 11) is 2.03. The van der Waals surface area contributed by atoms with E-state index in [-0.39, 0.29) is 28.0 Å². The number of aromatic amines is 1. The summed E-state index contributed by atoms with van der Waals surface area (Å²) in [6, 6.07) is 10.3. The van der Waals surface area contributed by atoms with Crippen LogP contribution in [0, 0.1) is 11.8 Å². The molecular formula is C28H27F2N5O2. The number of aromatic nitrogens is 3. The smallest absolute Gasteiger partial charge is 0.256 e. The lowest BCUT2D eigenvalue weighted by molar-refractivity contribution is 0.161. The summed E-state index contributed by atoms with van der Waals surface area (Å²) in [6.45, 7) is 4.84. The van der Waals surface area contributed by atoms with Crippen LogP contribution in [-0.4, -0.2) is 46.7 Å². The Morgan fingerprint density at radius 2 is 1.86 bits per heavy atom. The number of pyridine rings is 1. The first-order valence-electron chi connectivity index (χ1n) is 12.1. The van der Waals surface area contributed by atoms with Crippen molar-refractivity contribution in [3.05, 3.63) is 81.9 Å². The number of H-pyrrole nitrogens is 1. The molecule has 0 bridgehead atoms. The van der Waals surface area contributed by atoms with Gasteiger partial charge < -0.3 is 20.4 Å². The predicted octanol–water partition coefficient (Wildman–Crippen LogP) is 4.77. The maximum Gasteiger partial charge on any atom is 0.256 e. The van der Waals surface area contributed by atoms with Crippen molar-refractivity contribution in [2.45, 2.75) is 19.9 Å². The number of hydrogen-bond donors (Lipinski definition) is 2. The molecule has 1 aliphatic heterocycles. The molecule has 0 spiro atoms. The molecule has 0 saturated heterocycles. The lowest BCUT2D eigenvalue weighted by Crippen LogP contribution is -2.18. The van der Waals surface area contributed by atoms with Gasteiger partial charge in [-0.1, -0.05) is 31.2 Å². The minimum Gasteiger partial charge on any atom is -0.382 e. The van der Waals surface area contributed by atoms with Crippen LogP contribution >= 0.6 is 0 Å². The van der Waals surface area contributed by atoms with Crippen LogP contribution < -0.4 is 11.3 Å². The molecule has 0 aliphatic carbocycles. The van der Waals surface area contributed by atoms with Gasteiger partial charge in [-0.3, -0.25) is 4.79 Å². The molecule has 7 nitrogen and oxygen atoms in total. The second-order valence-corrected chi connectivity index (χ2v) is 9.08. The fourth-order valence-electron chi connectivity index (χ4n) is 4.55. The van der Waals surface area contributed by atoms with Crippen molar-refractivity contribution >= 4 is 22.2 Å². The Hall–Kier alpha value is -3.95. The van der Waals surface area contributed by atoms with Crippen LogP contribution in [-0.2, 0) is 11.3 Å². The number of rotatable bonds is 6. The summed E-state index contributed by atoms with van der Waals surface area (Å²) in [4.78, 5) is 25.0. The molecule has 2 aromatic carbocycles. The Bertz CT molecular complexity index is 1580. The fourth-order valence-corrected chi connectivity index (χ4v) is 4.55. The molecule has 0 saturated carbocycles. The van der Waals surface area contributed by atoms with Gasteiger partial charge in [0.2, 0.25) is 5.95 Å². The summed E-state index contributed by atoms with van der Waals surface area (Å²) in [5.41, 5.74) is 10.2. The molecule has 0 fully saturated rings. The SMILES string of the molecule is CCN(C)Cc1cc(-c2nc(-c3ccc4c(=O)[nH]cc(F)c4c3)c(N)nc2F)ccc1C1=CCOCC1. The number of nitrogens with zero attached hydrogens (tertiary/aromatic N) is 3. The molecule has 0 radical (unpaired) electrons. The molecule has 2 aromatic heterocycles. The van der Waals surface area contributed by atoms with Gasteiger partial charge in [-0.25, -0.2) is 9.37 Å². The average molecular weight is 504 g/mol. The Labute approximate surface area is 212 Å². The number of anilines is 1. The first-order valence-corrected chi connectivity index (χ1v) is 12.1. The Balaban J connectivity index is 1.63. The zero-order valence-corrected chi connectivity index (χ0v) is 20.6. The molecular weight excluding hydrogens is 476 g/mol. The maximum absolute atomic E-state index is 15.1. The molecule has 190 valence electrons. The monoisotopic (exact) mass is 503 g/mol. The third-order valence-corrected chi connectivity index (χ3v) is 6.67. The number of ether oxygens (including phenoxy) is 1. The van der Waals surface area contributed by atoms with Gasteiger partial charge in [-0.05, 0) is 54.9 Å². The number of halogens is 2. The Morgan fingerprint density at radius 3 is 2.62 bits per heavy atom. The second kappa shape index (κ2) is 10.2. The van der Waals surface area contributed by atoms with E-state index in [1.54, 1.807) is 6.07 Å². The minimum absolute atomic E-state index is 0.0450. The van der Waals surface area contributed by atoms with Crippen LogP contribution in [0.4, 0.5) is 14.6 Å². The van der Waals surface area contributed by atoms with Gasteiger partial charge in [-0.2, -0.15) is 9.37 Å². The van der Waals surface area contributed by atoms with Crippen molar-refractivity contribution in [1.29, 1.82) is 0 Å². The minimum atomic E-state index is -0.794. The van der Waals surface area contributed by atoms with Crippen molar-refractivity contribution in [2.75, 3.05) is 32.5 Å². The molecule has 0 unspecified atom stereocenters. The molecule has 4 aromatic rings. The van der Waals surface area contributed by atoms with Crippen LogP contribution in [0.15, 0.2) is 53.5 Å². The van der Waals surface area contributed by atoms with Gasteiger partial charge in [-0.15, -0.1) is 0 Å². The third-order valence-electron chi connectivity index (χ3n) is 6.67. The van der Waals surface area contributed by atoms with Crippen molar-refractivity contribution in [2.24, 2.45) is 0 Å². The molecule has 3 N–H and O–H groups in total. The van der Waals surface area contributed by atoms with E-state index < -0.39 is 17.3 Å². The molecule has 0 atom stereocenters. The molecule has 9 heteroatoms. The van der Waals surface area contributed by atoms with E-state index in [1.165, 1.54) is 17.7 Å². The van der Waals surface area contributed by atoms with Crippen LogP contribution in [0.3, 0.4) is 0 Å². The molecule has 37 heavy (non-hydrogen) atoms. The highest BCUT2D eigenvalue weighted by atomic mass is 19.1. The average Bonchev–Trinajstić information content (AvgIpc) is 2.91. The predicted molar refractivity (Wildman–Crippen MR) is 141 cm³/mol. The van der Waals surface area contributed by atoms with Gasteiger partial charge in [0.15, 0.2) is 5.82 Å². The first kappa shape index (κ1) is 24.7. The first-order chi connectivity index (χ1) is 17.9. The summed E-state index contributed by atoms with van der Waals surface area (Å²) in [6.07, 6.45) is 3.90. The molecule has 3 heterocycles. The van der Waals surface area contributed by atoms with Gasteiger partial charge in [0, 0.05) is 34.6 Å². The molecule has 0 amide bonds. The van der Waals surface area contributed by atoms with Gasteiger partial charge >= 0.3 is 0 Å². The van der Waals surface area contributed by atoms with Crippen LogP contribution in [0.1, 0.15) is 24.5 Å². The number of fused-ring (bicyclic) bond motifs is 1. The van der Waals surface area contributed by atoms with E-state index in [1.807, 2.05) is 25.2 Å². The van der Waals surface area contributed by atoms with Crippen molar-refractivity contribution in [3.63, 3.8) is 0 Å². The molecule has 1 aliphatic rings. The summed E-state index contributed by atoms with van der Waals surface area (Å²) >= 11 is 0. The van der Waals surface area contributed by atoms with Crippen molar-refractivity contribution in [3.8, 4) is 22.5 Å². The highest BCUT2D eigenvalue weighted by Crippen LogP contribution is 2.33. The number of nitrogens with two attached hydrogens (primary N) is 1. The van der Waals surface area contributed by atoms with E-state index in [4.69, 9.17) is 10.5 Å². The van der Waals surface area contributed by atoms with E-state index in [0.29, 0.717) is 30.9 Å². The van der Waals surface area contributed by atoms with Crippen molar-refractivity contribution in [1.82, 2.24) is 19.9 Å². The zero-order chi connectivity index (χ0) is 26.1. The number of hydrogen-bond acceptors (Lipinski definition) is 6. The lowest BCUT2D eigenvalue weighted by Gasteiger charge is -2.21. The Kier molecular flexibility index (Phi) is 6.82. The van der Waals surface area contributed by atoms with E-state index in [9.17, 15) is 9.18 Å². The Morgan fingerprint density at radius 1 is 1.08 bits per heavy atom. The third kappa shape index (κ3) is 4.87. The number of benzene rings is 2. The zero-order valence-electron chi connectivity index (χ0n) is 20.6. The van der Waals surface area contributed by atoms with Crippen LogP contribution in [0.2, 0.25) is 0 Å². The topological polar surface area (TPSA) is 97.1 Å². The standard InChI is InChI=1S/C28H27F2N5O2/c1-3-35(2)15-19-12-17(4-6-20(19)16-8-10-37-11-9-16)24-26(30)34-27(31)25(33-24)18-5-7-21-22(13-18)23(29)14-32-28(21)36/h4-8,12-14H,3,9-11,15H2,1-2H3,(H2,31,34)(H,32,36). The summed E-state index contributed by atoms with van der Waals surface area (Å²) in [5, 5.41) is 0.313. The number of nitrogens with one attached hydrogen (secondary N) is 1. The summed E-state index contributed by atoms with van der Waals surface area (Å²) < 4.78 is 35.0. The van der Waals surface area contributed by atoms with E-state index in [0.717, 1.165) is 30.3 Å². The largest absolute Gasteiger partial charge is 0.382 e. The van der Waals surface area contributed by atoms with Crippen molar-refractivity contribution < 1.29 is 13.5 Å². The van der Waals surface area contributed by atoms with E-state index in [2.05, 4.69) is 32.9 Å². The second-order valence-electron chi connectivity index (χ2n) is 9.08. The fraction of sp³-hybridized carbons (Fsp3) is 0.250. The summed E-state index contributed by atoms with van der Waals surface area (Å²) in [5.74, 6) is -1.51. The van der Waals surface area contributed by atoms with Crippen LogP contribution in [0.25, 0.3) is 38.9 Å². The quantitative estimate of drug-likeness (QED) is 0.394. The van der Waals surface area contributed by atoms with E-state index >= 15 is 4.39 Å². The lowest BCUT2D eigenvalue weighted by atomic mass is 9.93. The van der Waals surface area contributed by atoms with Crippen LogP contribution in [0.5, 0.6) is 0 Å². The van der Waals surface area contributed by atoms with Gasteiger partial charge in [0.05, 0.1) is 13.2 Å². The normalized spacial score (nSPS) is 13.8. The highest BCUT2D eigenvalue weighted by molar-refractivity contribution is 5.88. The maximum atomic E-state index is 15.1. The highest BCUT2D eigenvalue weighted by Gasteiger charge is 2.19. The molecule has 5 rings (SSSR count). The van der Waals surface area contributed by atoms with Gasteiger partial charge in [0.25, 0.3) is 5.56 Å².